The van der Waals surface area contributed by atoms with Crippen molar-refractivity contribution in [1.29, 1.82) is 31.6 Å². The standard InChI is InChI=1S/4C5H13NS.6CN.Fe/c4*1-6(2,3)4-5-7;6*1-2;/h4*4-5H2,1-3H3;;;;;;;/q;;;;6*-1;+2/p+4. The van der Waals surface area contributed by atoms with Gasteiger partial charge in [0.1, 0.15) is 0 Å². The van der Waals surface area contributed by atoms with Gasteiger partial charge in [-0.2, -0.15) is 50.5 Å². The molecule has 0 aromatic heterocycles. The van der Waals surface area contributed by atoms with Gasteiger partial charge < -0.3 is 88.9 Å². The van der Waals surface area contributed by atoms with E-state index in [1.54, 1.807) is 0 Å². The molecule has 0 aliphatic carbocycles. The Bertz CT molecular complexity index is 444. The molecule has 0 saturated heterocycles. The van der Waals surface area contributed by atoms with Gasteiger partial charge in [-0.25, -0.2) is 0 Å². The van der Waals surface area contributed by atoms with Crippen molar-refractivity contribution < 1.29 is 35.0 Å². The zero-order valence-corrected chi connectivity index (χ0v) is 32.0. The minimum absolute atomic E-state index is 0. The third kappa shape index (κ3) is 241. The zero-order chi connectivity index (χ0) is 35.7. The molecule has 0 aromatic rings. The molecule has 0 aliphatic rings. The summed E-state index contributed by atoms with van der Waals surface area (Å²) in [4.78, 5) is 0. The molecular formula is C26H56FeN10S4. The van der Waals surface area contributed by atoms with Crippen molar-refractivity contribution >= 4 is 50.5 Å². The average Bonchev–Trinajstić information content (AvgIpc) is 2.85. The summed E-state index contributed by atoms with van der Waals surface area (Å²) in [6.07, 6.45) is 0. The molecule has 15 heteroatoms. The molecule has 0 bridgehead atoms. The van der Waals surface area contributed by atoms with Gasteiger partial charge in [0.2, 0.25) is 0 Å². The van der Waals surface area contributed by atoms with Gasteiger partial charge in [-0.15, -0.1) is 0 Å². The van der Waals surface area contributed by atoms with Crippen LogP contribution in [0.15, 0.2) is 0 Å². The van der Waals surface area contributed by atoms with Crippen molar-refractivity contribution in [2.45, 2.75) is 0 Å². The molecule has 0 atom stereocenters. The smallest absolute Gasteiger partial charge is 0.512 e. The van der Waals surface area contributed by atoms with Crippen LogP contribution in [0.25, 0.3) is 0 Å². The van der Waals surface area contributed by atoms with Gasteiger partial charge in [-0.05, 0) is 0 Å². The fourth-order valence-corrected chi connectivity index (χ4v) is 3.60. The molecule has 0 radical (unpaired) electrons. The fourth-order valence-electron chi connectivity index (χ4n) is 1.20. The molecule has 0 amide bonds. The Hall–Kier alpha value is -1.30. The molecule has 0 saturated carbocycles. The zero-order valence-electron chi connectivity index (χ0n) is 27.3. The van der Waals surface area contributed by atoms with E-state index in [-0.39, 0.29) is 17.1 Å². The summed E-state index contributed by atoms with van der Waals surface area (Å²) in [7, 11) is 26.0. The van der Waals surface area contributed by atoms with Crippen molar-refractivity contribution in [3.05, 3.63) is 39.4 Å². The van der Waals surface area contributed by atoms with E-state index in [2.05, 4.69) is 135 Å². The molecular weight excluding hydrogens is 636 g/mol. The summed E-state index contributed by atoms with van der Waals surface area (Å²) >= 11 is 16.4. The third-order valence-electron chi connectivity index (χ3n) is 3.08. The Balaban J connectivity index is -0.0000000287. The molecule has 0 rings (SSSR count). The van der Waals surface area contributed by atoms with Crippen LogP contribution < -0.4 is 0 Å². The molecule has 0 fully saturated rings. The van der Waals surface area contributed by atoms with Gasteiger partial charge in [0, 0.05) is 23.0 Å². The summed E-state index contributed by atoms with van der Waals surface area (Å²) in [5.41, 5.74) is 0. The first kappa shape index (κ1) is 72.2. The molecule has 10 nitrogen and oxygen atoms in total. The second-order valence-corrected chi connectivity index (χ2v) is 12.7. The maximum atomic E-state index is 6.25. The van der Waals surface area contributed by atoms with E-state index in [9.17, 15) is 0 Å². The molecule has 0 heterocycles. The quantitative estimate of drug-likeness (QED) is 0.133. The molecule has 0 N–H and O–H groups in total. The Morgan fingerprint density at radius 1 is 0.317 bits per heavy atom. The predicted octanol–water partition coefficient (Wildman–Crippen LogP) is 3.07. The number of thiol groups is 4. The van der Waals surface area contributed by atoms with Crippen LogP contribution in [0, 0.1) is 71.0 Å². The third-order valence-corrected chi connectivity index (χ3v) is 3.88. The van der Waals surface area contributed by atoms with Crippen molar-refractivity contribution in [3.8, 4) is 0 Å². The Labute approximate surface area is 288 Å². The SMILES string of the molecule is C[N+](C)(C)CCS.C[N+](C)(C)CCS.C[N+](C)(C)CCS.C[N+](C)(C)CCS.[C-]#N.[C-]#N.[C-]#N.[C-]#N.[C-]#N.[C-]#N.[Fe+2]. The van der Waals surface area contributed by atoms with Crippen molar-refractivity contribution in [1.82, 2.24) is 0 Å². The van der Waals surface area contributed by atoms with E-state index in [4.69, 9.17) is 71.0 Å². The van der Waals surface area contributed by atoms with E-state index in [0.717, 1.165) is 67.1 Å². The van der Waals surface area contributed by atoms with Crippen molar-refractivity contribution in [2.24, 2.45) is 0 Å². The van der Waals surface area contributed by atoms with Gasteiger partial charge in [-0.3, -0.25) is 0 Å². The summed E-state index contributed by atoms with van der Waals surface area (Å²) in [6.45, 7) is 33.1. The summed E-state index contributed by atoms with van der Waals surface area (Å²) < 4.78 is 4.07. The minimum Gasteiger partial charge on any atom is -0.512 e. The van der Waals surface area contributed by atoms with Gasteiger partial charge >= 0.3 is 17.1 Å². The molecule has 0 spiro atoms. The van der Waals surface area contributed by atoms with Crippen molar-refractivity contribution in [2.75, 3.05) is 134 Å². The maximum Gasteiger partial charge on any atom is 2.00 e. The first-order chi connectivity index (χ1) is 18.2. The van der Waals surface area contributed by atoms with E-state index < -0.39 is 0 Å². The largest absolute Gasteiger partial charge is 2.00 e. The molecule has 242 valence electrons. The van der Waals surface area contributed by atoms with Gasteiger partial charge in [0.05, 0.1) is 111 Å². The summed E-state index contributed by atoms with van der Waals surface area (Å²) in [5.74, 6) is 3.90. The minimum atomic E-state index is 0. The van der Waals surface area contributed by atoms with Crippen LogP contribution in [0.4, 0.5) is 0 Å². The average molecular weight is 693 g/mol. The van der Waals surface area contributed by atoms with Crippen LogP contribution in [0.1, 0.15) is 0 Å². The molecule has 0 unspecified atom stereocenters. The number of hydrogen-bond acceptors (Lipinski definition) is 10. The van der Waals surface area contributed by atoms with Crippen LogP contribution in [-0.4, -0.2) is 152 Å². The van der Waals surface area contributed by atoms with E-state index in [1.807, 2.05) is 0 Å². The Morgan fingerprint density at radius 3 is 0.390 bits per heavy atom. The van der Waals surface area contributed by atoms with Crippen molar-refractivity contribution in [3.63, 3.8) is 0 Å². The topological polar surface area (TPSA) is 143 Å². The fraction of sp³-hybridized carbons (Fsp3) is 0.769. The van der Waals surface area contributed by atoms with Crippen LogP contribution in [0.5, 0.6) is 0 Å². The first-order valence-corrected chi connectivity index (χ1v) is 13.8. The normalized spacial score (nSPS) is 8.49. The van der Waals surface area contributed by atoms with E-state index in [1.165, 1.54) is 0 Å². The van der Waals surface area contributed by atoms with Crippen LogP contribution in [0.2, 0.25) is 0 Å². The second-order valence-electron chi connectivity index (χ2n) is 11.0. The number of hydrogen-bond donors (Lipinski definition) is 4. The van der Waals surface area contributed by atoms with E-state index in [0.29, 0.717) is 0 Å². The maximum absolute atomic E-state index is 6.25. The van der Waals surface area contributed by atoms with Crippen LogP contribution in [0.3, 0.4) is 0 Å². The number of quaternary nitrogens is 4. The molecule has 0 aliphatic heterocycles. The predicted molar refractivity (Wildman–Crippen MR) is 177 cm³/mol. The van der Waals surface area contributed by atoms with Gasteiger partial charge in [0.15, 0.2) is 0 Å². The second kappa shape index (κ2) is 58.4. The number of rotatable bonds is 8. The molecule has 41 heavy (non-hydrogen) atoms. The van der Waals surface area contributed by atoms with Crippen LogP contribution >= 0.6 is 50.5 Å². The number of nitrogens with zero attached hydrogens (tertiary/aromatic N) is 10. The molecule has 0 aromatic carbocycles. The Morgan fingerprint density at radius 2 is 0.390 bits per heavy atom. The van der Waals surface area contributed by atoms with Crippen LogP contribution in [-0.2, 0) is 17.1 Å². The summed E-state index contributed by atoms with van der Waals surface area (Å²) in [5, 5.41) is 37.5. The van der Waals surface area contributed by atoms with Gasteiger partial charge in [-0.1, -0.05) is 0 Å². The Kier molecular flexibility index (Phi) is 103. The first-order valence-electron chi connectivity index (χ1n) is 11.2. The van der Waals surface area contributed by atoms with E-state index >= 15 is 0 Å². The van der Waals surface area contributed by atoms with Gasteiger partial charge in [0.25, 0.3) is 0 Å². The monoisotopic (exact) mass is 692 g/mol. The summed E-state index contributed by atoms with van der Waals surface area (Å²) in [6, 6.07) is 0.